The molecule has 4 N–H and O–H groups in total. The number of phenols is 1. The zero-order valence-electron chi connectivity index (χ0n) is 27.0. The van der Waals surface area contributed by atoms with Crippen LogP contribution in [0.3, 0.4) is 0 Å². The Morgan fingerprint density at radius 1 is 0.957 bits per heavy atom. The number of amides is 1. The Labute approximate surface area is 273 Å². The van der Waals surface area contributed by atoms with E-state index in [-0.39, 0.29) is 29.4 Å². The van der Waals surface area contributed by atoms with Crippen LogP contribution in [0.2, 0.25) is 0 Å². The van der Waals surface area contributed by atoms with Gasteiger partial charge in [0.15, 0.2) is 34.7 Å². The number of nitrogens with two attached hydrogens (primary N) is 1. The van der Waals surface area contributed by atoms with Gasteiger partial charge in [0, 0.05) is 18.3 Å². The van der Waals surface area contributed by atoms with Crippen LogP contribution in [0.1, 0.15) is 71.5 Å². The third kappa shape index (κ3) is 5.17. The molecule has 10 nitrogen and oxygen atoms in total. The quantitative estimate of drug-likeness (QED) is 0.384. The summed E-state index contributed by atoms with van der Waals surface area (Å²) in [4.78, 5) is 85.4. The van der Waals surface area contributed by atoms with Crippen molar-refractivity contribution in [1.29, 1.82) is 0 Å². The summed E-state index contributed by atoms with van der Waals surface area (Å²) in [5.74, 6) is -13.6. The minimum Gasteiger partial charge on any atom is -0.507 e. The Morgan fingerprint density at radius 3 is 2.23 bits per heavy atom. The normalized spacial score (nSPS) is 32.5. The molecule has 0 heterocycles. The van der Waals surface area contributed by atoms with Crippen molar-refractivity contribution in [1.82, 2.24) is 4.90 Å². The van der Waals surface area contributed by atoms with Crippen LogP contribution < -0.4 is 5.73 Å². The number of ketones is 5. The largest absolute Gasteiger partial charge is 0.507 e. The highest BCUT2D eigenvalue weighted by Crippen LogP contribution is 2.58. The van der Waals surface area contributed by atoms with Crippen molar-refractivity contribution < 1.29 is 39.0 Å². The van der Waals surface area contributed by atoms with Gasteiger partial charge in [0.25, 0.3) is 0 Å². The number of aromatic hydroxyl groups is 1. The van der Waals surface area contributed by atoms with Crippen molar-refractivity contribution in [3.8, 4) is 5.75 Å². The van der Waals surface area contributed by atoms with Gasteiger partial charge in [-0.25, -0.2) is 0 Å². The van der Waals surface area contributed by atoms with Crippen LogP contribution in [0.4, 0.5) is 0 Å². The fraction of sp³-hybridized carbons (Fsp3) is 0.514. The summed E-state index contributed by atoms with van der Waals surface area (Å²) in [7, 11) is 3.10. The third-order valence-corrected chi connectivity index (χ3v) is 11.4. The number of carbonyl (C=O) groups is 6. The van der Waals surface area contributed by atoms with Crippen molar-refractivity contribution >= 4 is 34.8 Å². The molecule has 8 unspecified atom stereocenters. The molecule has 0 spiro atoms. The molecule has 0 saturated heterocycles. The number of hydrogen-bond donors (Lipinski definition) is 3. The van der Waals surface area contributed by atoms with Gasteiger partial charge < -0.3 is 15.9 Å². The zero-order chi connectivity index (χ0) is 33.9. The lowest BCUT2D eigenvalue weighted by Gasteiger charge is -2.58. The molecule has 3 saturated carbocycles. The van der Waals surface area contributed by atoms with Crippen molar-refractivity contribution in [2.45, 2.75) is 69.4 Å². The van der Waals surface area contributed by atoms with E-state index in [2.05, 4.69) is 0 Å². The monoisotopic (exact) mass is 642 g/mol. The summed E-state index contributed by atoms with van der Waals surface area (Å²) in [6.07, 6.45) is 4.33. The Kier molecular flexibility index (Phi) is 8.55. The number of nitrogens with zero attached hydrogens (tertiary/aromatic N) is 1. The fourth-order valence-electron chi connectivity index (χ4n) is 9.30. The van der Waals surface area contributed by atoms with Crippen LogP contribution in [-0.4, -0.2) is 75.7 Å². The van der Waals surface area contributed by atoms with Gasteiger partial charge in [-0.1, -0.05) is 61.2 Å². The van der Waals surface area contributed by atoms with Crippen molar-refractivity contribution in [3.63, 3.8) is 0 Å². The predicted molar refractivity (Wildman–Crippen MR) is 170 cm³/mol. The maximum Gasteiger partial charge on any atom is 0.235 e. The van der Waals surface area contributed by atoms with Gasteiger partial charge in [0.1, 0.15) is 11.5 Å². The van der Waals surface area contributed by atoms with Crippen LogP contribution in [-0.2, 0) is 30.4 Å². The van der Waals surface area contributed by atoms with E-state index in [1.54, 1.807) is 26.2 Å². The Bertz CT molecular complexity index is 1660. The first-order valence-corrected chi connectivity index (χ1v) is 16.5. The molecular weight excluding hydrogens is 600 g/mol. The van der Waals surface area contributed by atoms with Crippen LogP contribution in [0.15, 0.2) is 42.5 Å². The first-order valence-electron chi connectivity index (χ1n) is 16.5. The number of carbonyl (C=O) groups excluding carboxylic acids is 6. The van der Waals surface area contributed by atoms with Gasteiger partial charge in [0.2, 0.25) is 5.91 Å². The second-order valence-corrected chi connectivity index (χ2v) is 14.3. The average Bonchev–Trinajstić information content (AvgIpc) is 3.03. The molecule has 0 aliphatic heterocycles. The summed E-state index contributed by atoms with van der Waals surface area (Å²) in [6.45, 7) is 1.96. The first-order chi connectivity index (χ1) is 22.3. The lowest BCUT2D eigenvalue weighted by molar-refractivity contribution is -0.190. The minimum absolute atomic E-state index is 0.0615. The number of likely N-dealkylation sites (N-methyl/N-ethyl adjacent to an activating group) is 1. The average molecular weight is 643 g/mol. The number of aryl methyl sites for hydroxylation is 1. The summed E-state index contributed by atoms with van der Waals surface area (Å²) in [6, 6.07) is 11.2. The molecule has 8 atom stereocenters. The number of phenolic OH excluding ortho intramolecular Hbond substituents is 1. The van der Waals surface area contributed by atoms with Crippen molar-refractivity contribution in [2.75, 3.05) is 14.1 Å². The van der Waals surface area contributed by atoms with E-state index in [1.807, 2.05) is 31.2 Å². The minimum atomic E-state index is -2.94. The van der Waals surface area contributed by atoms with Gasteiger partial charge in [0.05, 0.1) is 17.5 Å². The predicted octanol–water partition coefficient (Wildman–Crippen LogP) is 2.72. The SMILES string of the molecule is Cc1ccc(CC2c3cccc(O)c3C(=O)C3C(=O)C4(O)C(=O)C(C(N)=O)C(=O)C(N(C)C)C4C(CC(=O)C4CCCCC4)C32)cc1. The Morgan fingerprint density at radius 2 is 1.62 bits per heavy atom. The Balaban J connectivity index is 1.60. The molecule has 0 bridgehead atoms. The number of hydrogen-bond acceptors (Lipinski definition) is 9. The highest BCUT2D eigenvalue weighted by molar-refractivity contribution is 6.32. The smallest absolute Gasteiger partial charge is 0.235 e. The molecule has 0 aromatic heterocycles. The van der Waals surface area contributed by atoms with E-state index in [4.69, 9.17) is 5.73 Å². The highest BCUT2D eigenvalue weighted by Gasteiger charge is 2.73. The summed E-state index contributed by atoms with van der Waals surface area (Å²) < 4.78 is 0. The van der Waals surface area contributed by atoms with E-state index in [9.17, 15) is 39.0 Å². The van der Waals surface area contributed by atoms with E-state index in [0.29, 0.717) is 24.8 Å². The number of primary amides is 1. The molecule has 0 radical (unpaired) electrons. The first kappa shape index (κ1) is 32.9. The molecule has 4 aliphatic rings. The van der Waals surface area contributed by atoms with Gasteiger partial charge in [-0.3, -0.25) is 33.7 Å². The summed E-state index contributed by atoms with van der Waals surface area (Å²) in [5.41, 5.74) is 4.97. The number of Topliss-reactive ketones (excluding diaryl/α,β-unsaturated/α-hetero) is 5. The van der Waals surface area contributed by atoms with Crippen LogP contribution >= 0.6 is 0 Å². The number of aliphatic hydroxyl groups is 1. The van der Waals surface area contributed by atoms with E-state index >= 15 is 0 Å². The van der Waals surface area contributed by atoms with Crippen LogP contribution in [0, 0.1) is 42.4 Å². The number of rotatable bonds is 7. The van der Waals surface area contributed by atoms with Gasteiger partial charge in [-0.2, -0.15) is 0 Å². The van der Waals surface area contributed by atoms with Gasteiger partial charge in [-0.15, -0.1) is 0 Å². The number of fused-ring (bicyclic) bond motifs is 3. The fourth-order valence-corrected chi connectivity index (χ4v) is 9.30. The van der Waals surface area contributed by atoms with E-state index in [0.717, 1.165) is 30.4 Å². The molecule has 3 fully saturated rings. The maximum atomic E-state index is 14.7. The summed E-state index contributed by atoms with van der Waals surface area (Å²) in [5, 5.41) is 23.4. The van der Waals surface area contributed by atoms with Crippen molar-refractivity contribution in [2.24, 2.45) is 41.2 Å². The van der Waals surface area contributed by atoms with Gasteiger partial charge in [-0.05, 0) is 75.2 Å². The Hall–Kier alpha value is -4.02. The molecule has 4 aliphatic carbocycles. The lowest BCUT2D eigenvalue weighted by Crippen LogP contribution is -2.76. The lowest BCUT2D eigenvalue weighted by atomic mass is 9.45. The molecule has 2 aromatic carbocycles. The number of benzene rings is 2. The van der Waals surface area contributed by atoms with Gasteiger partial charge >= 0.3 is 0 Å². The maximum absolute atomic E-state index is 14.7. The molecule has 1 amide bonds. The molecule has 6 rings (SSSR count). The summed E-state index contributed by atoms with van der Waals surface area (Å²) >= 11 is 0. The van der Waals surface area contributed by atoms with Crippen LogP contribution in [0.5, 0.6) is 5.75 Å². The highest BCUT2D eigenvalue weighted by atomic mass is 16.3. The molecule has 10 heteroatoms. The standard InChI is InChI=1S/C37H42N2O8/c1-18-12-14-19(15-13-18)16-22-21-10-7-11-24(40)27(21)32(42)28-26(22)23(17-25(41)20-8-5-4-6-9-20)30-31(39(2)3)33(43)29(36(38)46)35(45)37(30,47)34(28)44/h7,10-15,20,22-23,26,28-31,40,47H,4-6,8-9,16-17H2,1-3H3,(H2,38,46). The topological polar surface area (TPSA) is 172 Å². The van der Waals surface area contributed by atoms with E-state index < -0.39 is 76.2 Å². The molecule has 47 heavy (non-hydrogen) atoms. The second-order valence-electron chi connectivity index (χ2n) is 14.3. The second kappa shape index (κ2) is 12.2. The zero-order valence-corrected chi connectivity index (χ0v) is 27.0. The van der Waals surface area contributed by atoms with Crippen molar-refractivity contribution in [3.05, 3.63) is 64.7 Å². The van der Waals surface area contributed by atoms with E-state index in [1.165, 1.54) is 11.0 Å². The molecule has 248 valence electrons. The van der Waals surface area contributed by atoms with Crippen LogP contribution in [0.25, 0.3) is 0 Å². The molecule has 2 aromatic rings. The molecular formula is C37H42N2O8. The third-order valence-electron chi connectivity index (χ3n) is 11.4.